The first-order valence-corrected chi connectivity index (χ1v) is 10.7. The molecule has 1 atom stereocenters. The van der Waals surface area contributed by atoms with E-state index in [1.807, 2.05) is 47.6 Å². The average molecular weight is 426 g/mol. The summed E-state index contributed by atoms with van der Waals surface area (Å²) in [6.45, 7) is 12.9. The summed E-state index contributed by atoms with van der Waals surface area (Å²) < 4.78 is 10.9. The fourth-order valence-electron chi connectivity index (χ4n) is 3.42. The van der Waals surface area contributed by atoms with Crippen molar-refractivity contribution in [2.45, 2.75) is 72.6 Å². The number of hydrogen-bond acceptors (Lipinski definition) is 7. The molecule has 8 heteroatoms. The normalized spacial score (nSPS) is 17.4. The molecule has 4 rings (SSSR count). The van der Waals surface area contributed by atoms with Crippen molar-refractivity contribution >= 4 is 6.09 Å². The van der Waals surface area contributed by atoms with Gasteiger partial charge < -0.3 is 9.47 Å². The van der Waals surface area contributed by atoms with Gasteiger partial charge in [0.15, 0.2) is 5.82 Å². The fraction of sp³-hybridized carbons (Fsp3) is 0.522. The molecule has 0 spiro atoms. The molecule has 0 saturated heterocycles. The molecule has 2 aliphatic heterocycles. The Morgan fingerprint density at radius 2 is 1.87 bits per heavy atom. The van der Waals surface area contributed by atoms with E-state index in [-0.39, 0.29) is 12.0 Å². The predicted octanol–water partition coefficient (Wildman–Crippen LogP) is 4.54. The second-order valence-electron chi connectivity index (χ2n) is 8.31. The van der Waals surface area contributed by atoms with Crippen LogP contribution in [-0.2, 0) is 22.6 Å². The van der Waals surface area contributed by atoms with E-state index in [1.165, 1.54) is 0 Å². The van der Waals surface area contributed by atoms with Gasteiger partial charge in [-0.25, -0.2) is 24.7 Å². The maximum absolute atomic E-state index is 12.6. The number of hydrogen-bond donors (Lipinski definition) is 0. The van der Waals surface area contributed by atoms with Gasteiger partial charge in [0.25, 0.3) is 0 Å². The molecule has 0 aliphatic carbocycles. The summed E-state index contributed by atoms with van der Waals surface area (Å²) in [5.74, 6) is 1.38. The molecule has 0 aromatic carbocycles. The maximum Gasteiger partial charge on any atom is 0.410 e. The van der Waals surface area contributed by atoms with Crippen molar-refractivity contribution in [2.75, 3.05) is 6.61 Å². The van der Waals surface area contributed by atoms with Gasteiger partial charge in [0.05, 0.1) is 42.9 Å². The zero-order valence-corrected chi connectivity index (χ0v) is 19.2. The van der Waals surface area contributed by atoms with Gasteiger partial charge in [-0.15, -0.1) is 0 Å². The summed E-state index contributed by atoms with van der Waals surface area (Å²) in [6.07, 6.45) is 7.68. The van der Waals surface area contributed by atoms with Crippen molar-refractivity contribution < 1.29 is 14.3 Å². The van der Waals surface area contributed by atoms with E-state index >= 15 is 0 Å². The van der Waals surface area contributed by atoms with Gasteiger partial charge in [-0.05, 0) is 40.2 Å². The summed E-state index contributed by atoms with van der Waals surface area (Å²) in [5.41, 5.74) is 2.97. The minimum atomic E-state index is -0.547. The van der Waals surface area contributed by atoms with Gasteiger partial charge in [-0.3, -0.25) is 4.90 Å². The SMILES string of the molecule is CC.Cc1ncc(-c2nc3c(c(C4C=COCC4)n2)CN(C(=O)OC(C)(C)C)C3)cn1. The van der Waals surface area contributed by atoms with E-state index in [9.17, 15) is 4.79 Å². The highest BCUT2D eigenvalue weighted by atomic mass is 16.6. The topological polar surface area (TPSA) is 90.3 Å². The number of amides is 1. The fourth-order valence-corrected chi connectivity index (χ4v) is 3.42. The van der Waals surface area contributed by atoms with Crippen LogP contribution in [0.3, 0.4) is 0 Å². The van der Waals surface area contributed by atoms with Crippen LogP contribution < -0.4 is 0 Å². The molecule has 0 fully saturated rings. The first-order chi connectivity index (χ1) is 14.8. The lowest BCUT2D eigenvalue weighted by molar-refractivity contribution is 0.0240. The Hall–Kier alpha value is -3.03. The van der Waals surface area contributed by atoms with Crippen LogP contribution in [-0.4, -0.2) is 43.1 Å². The van der Waals surface area contributed by atoms with Gasteiger partial charge in [-0.2, -0.15) is 0 Å². The van der Waals surface area contributed by atoms with Crippen LogP contribution in [0.5, 0.6) is 0 Å². The molecule has 166 valence electrons. The Morgan fingerprint density at radius 1 is 1.16 bits per heavy atom. The first kappa shape index (κ1) is 22.7. The second kappa shape index (κ2) is 9.41. The molecule has 2 aliphatic rings. The van der Waals surface area contributed by atoms with Crippen LogP contribution in [0, 0.1) is 6.92 Å². The molecule has 1 amide bonds. The molecule has 0 radical (unpaired) electrons. The third-order valence-electron chi connectivity index (χ3n) is 4.81. The Balaban J connectivity index is 0.00000132. The number of allylic oxidation sites excluding steroid dienone is 1. The van der Waals surface area contributed by atoms with Crippen molar-refractivity contribution in [2.24, 2.45) is 0 Å². The van der Waals surface area contributed by atoms with Gasteiger partial charge in [-0.1, -0.05) is 13.8 Å². The lowest BCUT2D eigenvalue weighted by Crippen LogP contribution is -2.33. The second-order valence-corrected chi connectivity index (χ2v) is 8.31. The van der Waals surface area contributed by atoms with E-state index in [0.29, 0.717) is 31.3 Å². The van der Waals surface area contributed by atoms with Crippen LogP contribution in [0.15, 0.2) is 24.7 Å². The Bertz CT molecular complexity index is 951. The van der Waals surface area contributed by atoms with Gasteiger partial charge in [0.2, 0.25) is 0 Å². The van der Waals surface area contributed by atoms with Crippen molar-refractivity contribution in [1.82, 2.24) is 24.8 Å². The standard InChI is InChI=1S/C21H25N5O3.C2H6/c1-13-22-9-15(10-23-13)19-24-17-12-26(20(27)29-21(2,3)4)11-16(17)18(25-19)14-5-7-28-8-6-14;1-2/h5,7,9-10,14H,6,8,11-12H2,1-4H3;1-2H3. The minimum absolute atomic E-state index is 0.115. The predicted molar refractivity (Wildman–Crippen MR) is 117 cm³/mol. The van der Waals surface area contributed by atoms with Crippen LogP contribution >= 0.6 is 0 Å². The molecular formula is C23H31N5O3. The summed E-state index contributed by atoms with van der Waals surface area (Å²) in [5, 5.41) is 0. The molecule has 0 saturated carbocycles. The summed E-state index contributed by atoms with van der Waals surface area (Å²) >= 11 is 0. The minimum Gasteiger partial charge on any atom is -0.501 e. The van der Waals surface area contributed by atoms with Crippen molar-refractivity contribution in [3.8, 4) is 11.4 Å². The molecule has 0 bridgehead atoms. The van der Waals surface area contributed by atoms with E-state index < -0.39 is 5.60 Å². The zero-order chi connectivity index (χ0) is 22.6. The monoisotopic (exact) mass is 425 g/mol. The van der Waals surface area contributed by atoms with Gasteiger partial charge in [0, 0.05) is 23.9 Å². The van der Waals surface area contributed by atoms with Crippen LogP contribution in [0.25, 0.3) is 11.4 Å². The quantitative estimate of drug-likeness (QED) is 0.698. The number of rotatable bonds is 2. The lowest BCUT2D eigenvalue weighted by Gasteiger charge is -2.24. The molecule has 1 unspecified atom stereocenters. The molecule has 4 heterocycles. The first-order valence-electron chi connectivity index (χ1n) is 10.7. The maximum atomic E-state index is 12.6. The number of ether oxygens (including phenoxy) is 2. The number of fused-ring (bicyclic) bond motifs is 1. The molecule has 2 aromatic heterocycles. The van der Waals surface area contributed by atoms with E-state index in [0.717, 1.165) is 28.9 Å². The number of aryl methyl sites for hydroxylation is 1. The third-order valence-corrected chi connectivity index (χ3v) is 4.81. The van der Waals surface area contributed by atoms with Crippen LogP contribution in [0.1, 0.15) is 69.7 Å². The number of carbonyl (C=O) groups excluding carboxylic acids is 1. The van der Waals surface area contributed by atoms with Crippen LogP contribution in [0.2, 0.25) is 0 Å². The van der Waals surface area contributed by atoms with Crippen molar-refractivity contribution in [3.63, 3.8) is 0 Å². The van der Waals surface area contributed by atoms with E-state index in [4.69, 9.17) is 19.4 Å². The Morgan fingerprint density at radius 3 is 2.48 bits per heavy atom. The highest BCUT2D eigenvalue weighted by molar-refractivity contribution is 5.69. The molecule has 0 N–H and O–H groups in total. The zero-order valence-electron chi connectivity index (χ0n) is 19.2. The Kier molecular flexibility index (Phi) is 6.87. The Labute approximate surface area is 183 Å². The summed E-state index contributed by atoms with van der Waals surface area (Å²) in [6, 6.07) is 0. The number of aromatic nitrogens is 4. The van der Waals surface area contributed by atoms with E-state index in [2.05, 4.69) is 9.97 Å². The molecule has 8 nitrogen and oxygen atoms in total. The van der Waals surface area contributed by atoms with E-state index in [1.54, 1.807) is 23.6 Å². The molecular weight excluding hydrogens is 394 g/mol. The number of nitrogens with zero attached hydrogens (tertiary/aromatic N) is 5. The number of carbonyl (C=O) groups is 1. The smallest absolute Gasteiger partial charge is 0.410 e. The highest BCUT2D eigenvalue weighted by Crippen LogP contribution is 2.34. The lowest BCUT2D eigenvalue weighted by atomic mass is 9.95. The van der Waals surface area contributed by atoms with Crippen LogP contribution in [0.4, 0.5) is 4.79 Å². The molecule has 2 aromatic rings. The van der Waals surface area contributed by atoms with Gasteiger partial charge in [0.1, 0.15) is 11.4 Å². The highest BCUT2D eigenvalue weighted by Gasteiger charge is 2.33. The summed E-state index contributed by atoms with van der Waals surface area (Å²) in [4.78, 5) is 32.4. The van der Waals surface area contributed by atoms with Gasteiger partial charge >= 0.3 is 6.09 Å². The van der Waals surface area contributed by atoms with Crippen molar-refractivity contribution in [1.29, 1.82) is 0 Å². The third kappa shape index (κ3) is 5.37. The van der Waals surface area contributed by atoms with Crippen molar-refractivity contribution in [3.05, 3.63) is 47.5 Å². The average Bonchev–Trinajstić information content (AvgIpc) is 3.19. The largest absolute Gasteiger partial charge is 0.501 e. The summed E-state index contributed by atoms with van der Waals surface area (Å²) in [7, 11) is 0. The molecule has 31 heavy (non-hydrogen) atoms.